The second kappa shape index (κ2) is 7.91. The van der Waals surface area contributed by atoms with Crippen molar-refractivity contribution in [3.8, 4) is 0 Å². The molecule has 0 aromatic carbocycles. The van der Waals surface area contributed by atoms with Crippen molar-refractivity contribution in [3.63, 3.8) is 0 Å². The van der Waals surface area contributed by atoms with Crippen molar-refractivity contribution in [2.45, 2.75) is 52.9 Å². The maximum absolute atomic E-state index is 12.4. The summed E-state index contributed by atoms with van der Waals surface area (Å²) in [5, 5.41) is 0. The SMILES string of the molecule is COCCCN1C[C@]2(CCCN(c3nc(C)nc(C)c3C)C2)CCC1=O. The Bertz CT molecular complexity index is 663. The fraction of sp³-hybridized carbons (Fsp3) is 0.750. The Labute approximate surface area is 156 Å². The van der Waals surface area contributed by atoms with Crippen LogP contribution in [-0.4, -0.2) is 60.7 Å². The molecule has 3 heterocycles. The predicted molar refractivity (Wildman–Crippen MR) is 102 cm³/mol. The van der Waals surface area contributed by atoms with Gasteiger partial charge in [-0.3, -0.25) is 4.79 Å². The van der Waals surface area contributed by atoms with Crippen LogP contribution in [0, 0.1) is 26.2 Å². The monoisotopic (exact) mass is 360 g/mol. The van der Waals surface area contributed by atoms with Gasteiger partial charge < -0.3 is 14.5 Å². The number of hydrogen-bond acceptors (Lipinski definition) is 5. The van der Waals surface area contributed by atoms with Crippen molar-refractivity contribution in [3.05, 3.63) is 17.1 Å². The minimum Gasteiger partial charge on any atom is -0.385 e. The molecule has 0 N–H and O–H groups in total. The number of hydrogen-bond donors (Lipinski definition) is 0. The van der Waals surface area contributed by atoms with Gasteiger partial charge in [0.05, 0.1) is 0 Å². The fourth-order valence-corrected chi connectivity index (χ4v) is 4.49. The summed E-state index contributed by atoms with van der Waals surface area (Å²) >= 11 is 0. The molecule has 2 saturated heterocycles. The van der Waals surface area contributed by atoms with Gasteiger partial charge >= 0.3 is 0 Å². The van der Waals surface area contributed by atoms with Gasteiger partial charge in [-0.25, -0.2) is 9.97 Å². The summed E-state index contributed by atoms with van der Waals surface area (Å²) < 4.78 is 5.16. The molecule has 0 unspecified atom stereocenters. The highest BCUT2D eigenvalue weighted by molar-refractivity contribution is 5.77. The Hall–Kier alpha value is -1.69. The van der Waals surface area contributed by atoms with Crippen LogP contribution in [0.2, 0.25) is 0 Å². The lowest BCUT2D eigenvalue weighted by Gasteiger charge is -2.48. The molecule has 144 valence electrons. The van der Waals surface area contributed by atoms with E-state index in [4.69, 9.17) is 9.72 Å². The van der Waals surface area contributed by atoms with E-state index in [1.807, 2.05) is 6.92 Å². The van der Waals surface area contributed by atoms with Gasteiger partial charge in [-0.05, 0) is 46.5 Å². The normalized spacial score (nSPS) is 23.8. The maximum atomic E-state index is 12.4. The van der Waals surface area contributed by atoms with Crippen LogP contribution < -0.4 is 4.90 Å². The zero-order valence-corrected chi connectivity index (χ0v) is 16.7. The van der Waals surface area contributed by atoms with Crippen LogP contribution in [0.4, 0.5) is 5.82 Å². The van der Waals surface area contributed by atoms with Gasteiger partial charge in [-0.1, -0.05) is 0 Å². The molecule has 0 saturated carbocycles. The predicted octanol–water partition coefficient (Wildman–Crippen LogP) is 2.65. The Kier molecular flexibility index (Phi) is 5.80. The van der Waals surface area contributed by atoms with Gasteiger partial charge in [-0.2, -0.15) is 0 Å². The molecule has 2 fully saturated rings. The minimum atomic E-state index is 0.193. The van der Waals surface area contributed by atoms with E-state index in [1.54, 1.807) is 7.11 Å². The molecule has 1 aromatic rings. The van der Waals surface area contributed by atoms with Crippen LogP contribution in [0.5, 0.6) is 0 Å². The topological polar surface area (TPSA) is 58.6 Å². The van der Waals surface area contributed by atoms with Crippen LogP contribution in [0.3, 0.4) is 0 Å². The number of aryl methyl sites for hydroxylation is 2. The number of rotatable bonds is 5. The first kappa shape index (κ1) is 19.1. The number of likely N-dealkylation sites (tertiary alicyclic amines) is 1. The van der Waals surface area contributed by atoms with Crippen LogP contribution in [-0.2, 0) is 9.53 Å². The van der Waals surface area contributed by atoms with Gasteiger partial charge in [0, 0.05) is 63.0 Å². The van der Waals surface area contributed by atoms with Crippen LogP contribution in [0.1, 0.15) is 49.2 Å². The lowest BCUT2D eigenvalue weighted by Crippen LogP contribution is -2.54. The zero-order valence-electron chi connectivity index (χ0n) is 16.7. The molecule has 26 heavy (non-hydrogen) atoms. The Morgan fingerprint density at radius 1 is 1.15 bits per heavy atom. The standard InChI is InChI=1S/C20H32N4O2/c1-15-16(2)21-17(3)22-19(15)24-10-5-8-20(14-24)9-7-18(25)23(13-20)11-6-12-26-4/h5-14H2,1-4H3/t20-/m0/s1. The molecule has 1 aromatic heterocycles. The van der Waals surface area contributed by atoms with E-state index in [1.165, 1.54) is 12.0 Å². The highest BCUT2D eigenvalue weighted by Crippen LogP contribution is 2.40. The van der Waals surface area contributed by atoms with Gasteiger partial charge in [-0.15, -0.1) is 0 Å². The molecule has 0 aliphatic carbocycles. The van der Waals surface area contributed by atoms with Crippen molar-refractivity contribution < 1.29 is 9.53 Å². The summed E-state index contributed by atoms with van der Waals surface area (Å²) in [6.07, 6.45) is 4.92. The Balaban J connectivity index is 1.76. The molecule has 6 nitrogen and oxygen atoms in total. The van der Waals surface area contributed by atoms with Crippen LogP contribution in [0.25, 0.3) is 0 Å². The molecule has 2 aliphatic heterocycles. The van der Waals surface area contributed by atoms with E-state index in [-0.39, 0.29) is 5.41 Å². The van der Waals surface area contributed by atoms with Crippen molar-refractivity contribution in [2.75, 3.05) is 44.8 Å². The summed E-state index contributed by atoms with van der Waals surface area (Å²) in [5.74, 6) is 2.22. The van der Waals surface area contributed by atoms with Crippen molar-refractivity contribution >= 4 is 11.7 Å². The fourth-order valence-electron chi connectivity index (χ4n) is 4.49. The Morgan fingerprint density at radius 2 is 1.96 bits per heavy atom. The third-order valence-electron chi connectivity index (χ3n) is 5.96. The quantitative estimate of drug-likeness (QED) is 0.756. The van der Waals surface area contributed by atoms with Crippen molar-refractivity contribution in [2.24, 2.45) is 5.41 Å². The van der Waals surface area contributed by atoms with E-state index in [0.29, 0.717) is 18.9 Å². The average Bonchev–Trinajstić information content (AvgIpc) is 2.62. The van der Waals surface area contributed by atoms with Gasteiger partial charge in [0.1, 0.15) is 11.6 Å². The van der Waals surface area contributed by atoms with Crippen LogP contribution in [0.15, 0.2) is 0 Å². The number of aromatic nitrogens is 2. The second-order valence-corrected chi connectivity index (χ2v) is 7.99. The van der Waals surface area contributed by atoms with Crippen LogP contribution >= 0.6 is 0 Å². The number of piperidine rings is 2. The molecule has 3 rings (SSSR count). The molecule has 1 atom stereocenters. The molecule has 0 bridgehead atoms. The van der Waals surface area contributed by atoms with E-state index in [0.717, 1.165) is 62.8 Å². The average molecular weight is 361 g/mol. The summed E-state index contributed by atoms with van der Waals surface area (Å²) in [6.45, 7) is 10.5. The number of carbonyl (C=O) groups excluding carboxylic acids is 1. The second-order valence-electron chi connectivity index (χ2n) is 7.99. The van der Waals surface area contributed by atoms with Gasteiger partial charge in [0.25, 0.3) is 0 Å². The lowest BCUT2D eigenvalue weighted by molar-refractivity contribution is -0.138. The largest absolute Gasteiger partial charge is 0.385 e. The first-order chi connectivity index (χ1) is 12.4. The molecule has 2 aliphatic rings. The first-order valence-electron chi connectivity index (χ1n) is 9.78. The summed E-state index contributed by atoms with van der Waals surface area (Å²) in [4.78, 5) is 26.1. The molecule has 0 radical (unpaired) electrons. The van der Waals surface area contributed by atoms with Crippen molar-refractivity contribution in [1.82, 2.24) is 14.9 Å². The third-order valence-corrected chi connectivity index (χ3v) is 5.96. The molecule has 1 amide bonds. The number of anilines is 1. The number of amides is 1. The molecular formula is C20H32N4O2. The number of methoxy groups -OCH3 is 1. The van der Waals surface area contributed by atoms with E-state index in [9.17, 15) is 4.79 Å². The Morgan fingerprint density at radius 3 is 2.73 bits per heavy atom. The van der Waals surface area contributed by atoms with E-state index >= 15 is 0 Å². The number of nitrogens with zero attached hydrogens (tertiary/aromatic N) is 4. The summed E-state index contributed by atoms with van der Waals surface area (Å²) in [6, 6.07) is 0. The summed E-state index contributed by atoms with van der Waals surface area (Å²) in [5.41, 5.74) is 2.43. The van der Waals surface area contributed by atoms with Gasteiger partial charge in [0.2, 0.25) is 5.91 Å². The molecule has 1 spiro atoms. The minimum absolute atomic E-state index is 0.193. The number of carbonyl (C=O) groups is 1. The smallest absolute Gasteiger partial charge is 0.222 e. The van der Waals surface area contributed by atoms with E-state index < -0.39 is 0 Å². The third kappa shape index (κ3) is 4.00. The molecular weight excluding hydrogens is 328 g/mol. The van der Waals surface area contributed by atoms with Crippen molar-refractivity contribution in [1.29, 1.82) is 0 Å². The lowest BCUT2D eigenvalue weighted by atomic mass is 9.73. The summed E-state index contributed by atoms with van der Waals surface area (Å²) in [7, 11) is 1.71. The zero-order chi connectivity index (χ0) is 18.7. The van der Waals surface area contributed by atoms with Gasteiger partial charge in [0.15, 0.2) is 0 Å². The first-order valence-corrected chi connectivity index (χ1v) is 9.78. The number of ether oxygens (including phenoxy) is 1. The maximum Gasteiger partial charge on any atom is 0.222 e. The molecule has 6 heteroatoms. The highest BCUT2D eigenvalue weighted by atomic mass is 16.5. The van der Waals surface area contributed by atoms with E-state index in [2.05, 4.69) is 28.6 Å². The highest BCUT2D eigenvalue weighted by Gasteiger charge is 2.42.